The number of nitrogens with one attached hydrogen (secondary N) is 1. The number of rotatable bonds is 9. The quantitative estimate of drug-likeness (QED) is 0.622. The normalized spacial score (nSPS) is 10.6. The first kappa shape index (κ1) is 13.7. The van der Waals surface area contributed by atoms with Crippen molar-refractivity contribution in [1.82, 2.24) is 5.32 Å². The molecule has 0 aliphatic heterocycles. The third kappa shape index (κ3) is 4.99. The average Bonchev–Trinajstić information content (AvgIpc) is 2.76. The minimum atomic E-state index is -0.980. The maximum absolute atomic E-state index is 10.8. The zero-order chi connectivity index (χ0) is 12.5. The van der Waals surface area contributed by atoms with E-state index < -0.39 is 5.97 Å². The van der Waals surface area contributed by atoms with Gasteiger partial charge in [0.1, 0.15) is 11.3 Å². The Morgan fingerprint density at radius 3 is 3.00 bits per heavy atom. The van der Waals surface area contributed by atoms with E-state index in [2.05, 4.69) is 5.32 Å². The second-order valence-corrected chi connectivity index (χ2v) is 3.34. The van der Waals surface area contributed by atoms with Gasteiger partial charge in [0.2, 0.25) is 0 Å². The predicted molar refractivity (Wildman–Crippen MR) is 60.1 cm³/mol. The van der Waals surface area contributed by atoms with Gasteiger partial charge in [-0.25, -0.2) is 4.79 Å². The number of furan rings is 1. The van der Waals surface area contributed by atoms with Crippen LogP contribution in [0.1, 0.15) is 16.1 Å². The van der Waals surface area contributed by atoms with Crippen LogP contribution in [0.5, 0.6) is 0 Å². The van der Waals surface area contributed by atoms with Crippen LogP contribution in [0.4, 0.5) is 0 Å². The standard InChI is InChI=1S/C11H17NO5/c1-15-6-7-16-5-3-12-8-10-9(11(13)14)2-4-17-10/h2,4,12H,3,5-8H2,1H3,(H,13,14). The van der Waals surface area contributed by atoms with Crippen LogP contribution in [0.3, 0.4) is 0 Å². The summed E-state index contributed by atoms with van der Waals surface area (Å²) in [4.78, 5) is 10.8. The molecule has 0 aliphatic carbocycles. The fourth-order valence-electron chi connectivity index (χ4n) is 1.26. The van der Waals surface area contributed by atoms with Crippen molar-refractivity contribution in [1.29, 1.82) is 0 Å². The van der Waals surface area contributed by atoms with Crippen molar-refractivity contribution >= 4 is 5.97 Å². The Hall–Kier alpha value is -1.37. The molecule has 0 bridgehead atoms. The number of carbonyl (C=O) groups is 1. The van der Waals surface area contributed by atoms with E-state index >= 15 is 0 Å². The van der Waals surface area contributed by atoms with E-state index in [0.717, 1.165) is 0 Å². The van der Waals surface area contributed by atoms with Crippen LogP contribution >= 0.6 is 0 Å². The van der Waals surface area contributed by atoms with Gasteiger partial charge >= 0.3 is 5.97 Å². The Morgan fingerprint density at radius 1 is 1.47 bits per heavy atom. The Morgan fingerprint density at radius 2 is 2.29 bits per heavy atom. The Kier molecular flexibility index (Phi) is 6.31. The number of hydrogen-bond acceptors (Lipinski definition) is 5. The molecule has 0 radical (unpaired) electrons. The molecule has 0 saturated carbocycles. The van der Waals surface area contributed by atoms with Crippen molar-refractivity contribution in [2.75, 3.05) is 33.5 Å². The molecule has 96 valence electrons. The lowest BCUT2D eigenvalue weighted by Crippen LogP contribution is -2.20. The Labute approximate surface area is 99.5 Å². The van der Waals surface area contributed by atoms with Gasteiger partial charge in [-0.1, -0.05) is 0 Å². The summed E-state index contributed by atoms with van der Waals surface area (Å²) in [7, 11) is 1.62. The zero-order valence-electron chi connectivity index (χ0n) is 9.77. The van der Waals surface area contributed by atoms with Gasteiger partial charge in [-0.2, -0.15) is 0 Å². The minimum Gasteiger partial charge on any atom is -0.478 e. The van der Waals surface area contributed by atoms with Crippen LogP contribution < -0.4 is 5.32 Å². The molecule has 0 amide bonds. The second-order valence-electron chi connectivity index (χ2n) is 3.34. The highest BCUT2D eigenvalue weighted by atomic mass is 16.5. The van der Waals surface area contributed by atoms with Crippen LogP contribution in [0.15, 0.2) is 16.7 Å². The molecule has 1 aromatic heterocycles. The molecule has 1 rings (SSSR count). The van der Waals surface area contributed by atoms with Crippen molar-refractivity contribution in [3.63, 3.8) is 0 Å². The largest absolute Gasteiger partial charge is 0.478 e. The molecular weight excluding hydrogens is 226 g/mol. The predicted octanol–water partition coefficient (Wildman–Crippen LogP) is 0.730. The maximum Gasteiger partial charge on any atom is 0.339 e. The van der Waals surface area contributed by atoms with Gasteiger partial charge in [0.05, 0.1) is 32.6 Å². The summed E-state index contributed by atoms with van der Waals surface area (Å²) in [5.74, 6) is -0.554. The molecule has 17 heavy (non-hydrogen) atoms. The van der Waals surface area contributed by atoms with Crippen molar-refractivity contribution in [3.05, 3.63) is 23.7 Å². The van der Waals surface area contributed by atoms with Gasteiger partial charge in [0, 0.05) is 13.7 Å². The van der Waals surface area contributed by atoms with E-state index in [1.807, 2.05) is 0 Å². The highest BCUT2D eigenvalue weighted by Crippen LogP contribution is 2.09. The third-order valence-electron chi connectivity index (χ3n) is 2.12. The molecule has 0 fully saturated rings. The monoisotopic (exact) mass is 243 g/mol. The molecule has 0 saturated heterocycles. The highest BCUT2D eigenvalue weighted by Gasteiger charge is 2.12. The zero-order valence-corrected chi connectivity index (χ0v) is 9.77. The number of hydrogen-bond donors (Lipinski definition) is 2. The second kappa shape index (κ2) is 7.83. The summed E-state index contributed by atoms with van der Waals surface area (Å²) in [6.07, 6.45) is 1.37. The number of carboxylic acid groups (broad SMARTS) is 1. The molecule has 0 aliphatic rings. The first-order valence-electron chi connectivity index (χ1n) is 5.32. The maximum atomic E-state index is 10.8. The molecule has 0 spiro atoms. The summed E-state index contributed by atoms with van der Waals surface area (Å²) in [6.45, 7) is 2.68. The first-order chi connectivity index (χ1) is 8.25. The van der Waals surface area contributed by atoms with Crippen LogP contribution in [-0.2, 0) is 16.0 Å². The molecule has 6 nitrogen and oxygen atoms in total. The van der Waals surface area contributed by atoms with Gasteiger partial charge in [0.25, 0.3) is 0 Å². The van der Waals surface area contributed by atoms with E-state index in [1.54, 1.807) is 7.11 Å². The van der Waals surface area contributed by atoms with E-state index in [4.69, 9.17) is 19.0 Å². The van der Waals surface area contributed by atoms with Crippen molar-refractivity contribution in [2.24, 2.45) is 0 Å². The van der Waals surface area contributed by atoms with Gasteiger partial charge in [-0.05, 0) is 6.07 Å². The number of aromatic carboxylic acids is 1. The molecule has 1 heterocycles. The molecule has 2 N–H and O–H groups in total. The lowest BCUT2D eigenvalue weighted by Gasteiger charge is -2.05. The summed E-state index contributed by atoms with van der Waals surface area (Å²) >= 11 is 0. The highest BCUT2D eigenvalue weighted by molar-refractivity contribution is 5.88. The topological polar surface area (TPSA) is 80.9 Å². The first-order valence-corrected chi connectivity index (χ1v) is 5.32. The molecule has 0 atom stereocenters. The lowest BCUT2D eigenvalue weighted by molar-refractivity contribution is 0.0692. The van der Waals surface area contributed by atoms with Crippen molar-refractivity contribution < 1.29 is 23.8 Å². The number of ether oxygens (including phenoxy) is 2. The SMILES string of the molecule is COCCOCCNCc1occc1C(=O)O. The Balaban J connectivity index is 2.14. The summed E-state index contributed by atoms with van der Waals surface area (Å²) in [6, 6.07) is 1.44. The molecule has 0 aromatic carbocycles. The number of carboxylic acids is 1. The average molecular weight is 243 g/mol. The van der Waals surface area contributed by atoms with Crippen molar-refractivity contribution in [2.45, 2.75) is 6.54 Å². The molecular formula is C11H17NO5. The van der Waals surface area contributed by atoms with E-state index in [1.165, 1.54) is 12.3 Å². The lowest BCUT2D eigenvalue weighted by atomic mass is 10.2. The van der Waals surface area contributed by atoms with Gasteiger partial charge < -0.3 is 24.3 Å². The van der Waals surface area contributed by atoms with Gasteiger partial charge in [-0.3, -0.25) is 0 Å². The Bertz CT molecular complexity index is 336. The summed E-state index contributed by atoms with van der Waals surface area (Å²) < 4.78 is 15.1. The van der Waals surface area contributed by atoms with E-state index in [-0.39, 0.29) is 5.56 Å². The molecule has 0 unspecified atom stereocenters. The van der Waals surface area contributed by atoms with Crippen molar-refractivity contribution in [3.8, 4) is 0 Å². The summed E-state index contributed by atoms with van der Waals surface area (Å²) in [5, 5.41) is 11.9. The third-order valence-corrected chi connectivity index (χ3v) is 2.12. The van der Waals surface area contributed by atoms with Crippen LogP contribution in [0.25, 0.3) is 0 Å². The van der Waals surface area contributed by atoms with Crippen LogP contribution in [0.2, 0.25) is 0 Å². The van der Waals surface area contributed by atoms with E-state index in [9.17, 15) is 4.79 Å². The van der Waals surface area contributed by atoms with E-state index in [0.29, 0.717) is 38.7 Å². The number of methoxy groups -OCH3 is 1. The summed E-state index contributed by atoms with van der Waals surface area (Å²) in [5.41, 5.74) is 0.192. The van der Waals surface area contributed by atoms with Gasteiger partial charge in [0.15, 0.2) is 0 Å². The minimum absolute atomic E-state index is 0.192. The fourth-order valence-corrected chi connectivity index (χ4v) is 1.26. The molecule has 1 aromatic rings. The molecule has 6 heteroatoms. The van der Waals surface area contributed by atoms with Gasteiger partial charge in [-0.15, -0.1) is 0 Å². The fraction of sp³-hybridized carbons (Fsp3) is 0.545. The smallest absolute Gasteiger partial charge is 0.339 e. The van der Waals surface area contributed by atoms with Crippen LogP contribution in [0, 0.1) is 0 Å². The van der Waals surface area contributed by atoms with Crippen LogP contribution in [-0.4, -0.2) is 44.6 Å².